The number of methoxy groups -OCH3 is 1. The minimum atomic E-state index is -0.733. The molecule has 0 saturated carbocycles. The third-order valence-electron chi connectivity index (χ3n) is 2.14. The molecule has 0 spiro atoms. The molecule has 0 aliphatic carbocycles. The standard InChI is InChI=1S/C11H14ClFO2/c1-15-6-2-3-11(14)9-7-8(13)4-5-10(9)12/h4-5,7,11,14H,2-3,6H2,1H3. The van der Waals surface area contributed by atoms with Crippen LogP contribution >= 0.6 is 11.6 Å². The van der Waals surface area contributed by atoms with Gasteiger partial charge in [-0.15, -0.1) is 0 Å². The minimum absolute atomic E-state index is 0.389. The number of ether oxygens (including phenoxy) is 1. The number of hydrogen-bond donors (Lipinski definition) is 1. The average molecular weight is 233 g/mol. The summed E-state index contributed by atoms with van der Waals surface area (Å²) in [6, 6.07) is 3.99. The zero-order valence-corrected chi connectivity index (χ0v) is 9.30. The van der Waals surface area contributed by atoms with Gasteiger partial charge in [0.15, 0.2) is 0 Å². The smallest absolute Gasteiger partial charge is 0.123 e. The summed E-state index contributed by atoms with van der Waals surface area (Å²) >= 11 is 5.85. The fraction of sp³-hybridized carbons (Fsp3) is 0.455. The van der Waals surface area contributed by atoms with Crippen LogP contribution in [-0.4, -0.2) is 18.8 Å². The molecule has 1 aromatic carbocycles. The van der Waals surface area contributed by atoms with Crippen LogP contribution in [0.2, 0.25) is 5.02 Å². The number of benzene rings is 1. The van der Waals surface area contributed by atoms with Crippen LogP contribution in [0.4, 0.5) is 4.39 Å². The number of rotatable bonds is 5. The lowest BCUT2D eigenvalue weighted by Crippen LogP contribution is -2.01. The highest BCUT2D eigenvalue weighted by molar-refractivity contribution is 6.31. The predicted molar refractivity (Wildman–Crippen MR) is 57.5 cm³/mol. The summed E-state index contributed by atoms with van der Waals surface area (Å²) in [5.41, 5.74) is 0.438. The van der Waals surface area contributed by atoms with E-state index in [0.717, 1.165) is 0 Å². The monoisotopic (exact) mass is 232 g/mol. The van der Waals surface area contributed by atoms with Crippen LogP contribution in [0.1, 0.15) is 24.5 Å². The van der Waals surface area contributed by atoms with E-state index in [2.05, 4.69) is 0 Å². The predicted octanol–water partition coefficient (Wildman–Crippen LogP) is 2.94. The van der Waals surface area contributed by atoms with Crippen LogP contribution in [0.3, 0.4) is 0 Å². The Morgan fingerprint density at radius 3 is 2.93 bits per heavy atom. The Hall–Kier alpha value is -0.640. The molecule has 1 N–H and O–H groups in total. The Morgan fingerprint density at radius 1 is 1.53 bits per heavy atom. The van der Waals surface area contributed by atoms with Crippen LogP contribution in [0.5, 0.6) is 0 Å². The molecule has 4 heteroatoms. The van der Waals surface area contributed by atoms with Gasteiger partial charge in [0.05, 0.1) is 6.10 Å². The van der Waals surface area contributed by atoms with Crippen molar-refractivity contribution in [2.24, 2.45) is 0 Å². The van der Waals surface area contributed by atoms with Crippen molar-refractivity contribution in [2.75, 3.05) is 13.7 Å². The van der Waals surface area contributed by atoms with Gasteiger partial charge in [-0.2, -0.15) is 0 Å². The number of aliphatic hydroxyl groups excluding tert-OH is 1. The van der Waals surface area contributed by atoms with Gasteiger partial charge in [0, 0.05) is 24.3 Å². The zero-order chi connectivity index (χ0) is 11.3. The maximum Gasteiger partial charge on any atom is 0.123 e. The number of halogens is 2. The number of aliphatic hydroxyl groups is 1. The third kappa shape index (κ3) is 3.78. The van der Waals surface area contributed by atoms with Crippen LogP contribution < -0.4 is 0 Å². The minimum Gasteiger partial charge on any atom is -0.388 e. The van der Waals surface area contributed by atoms with E-state index in [1.165, 1.54) is 18.2 Å². The molecule has 1 rings (SSSR count). The SMILES string of the molecule is COCCCC(O)c1cc(F)ccc1Cl. The van der Waals surface area contributed by atoms with Crippen LogP contribution in [0.15, 0.2) is 18.2 Å². The molecule has 0 heterocycles. The largest absolute Gasteiger partial charge is 0.388 e. The van der Waals surface area contributed by atoms with Crippen molar-refractivity contribution in [1.29, 1.82) is 0 Å². The molecule has 1 aromatic rings. The molecule has 84 valence electrons. The summed E-state index contributed by atoms with van der Waals surface area (Å²) in [5.74, 6) is -0.389. The van der Waals surface area contributed by atoms with E-state index in [1.807, 2.05) is 0 Å². The first-order valence-corrected chi connectivity index (χ1v) is 5.15. The topological polar surface area (TPSA) is 29.5 Å². The van der Waals surface area contributed by atoms with Gasteiger partial charge in [-0.25, -0.2) is 4.39 Å². The van der Waals surface area contributed by atoms with Gasteiger partial charge in [-0.3, -0.25) is 0 Å². The van der Waals surface area contributed by atoms with Gasteiger partial charge in [0.2, 0.25) is 0 Å². The molecule has 1 unspecified atom stereocenters. The molecule has 0 radical (unpaired) electrons. The Bertz CT molecular complexity index is 317. The molecule has 15 heavy (non-hydrogen) atoms. The zero-order valence-electron chi connectivity index (χ0n) is 8.54. The van der Waals surface area contributed by atoms with Gasteiger partial charge in [-0.05, 0) is 31.0 Å². The Labute approximate surface area is 93.6 Å². The van der Waals surface area contributed by atoms with Gasteiger partial charge in [0.25, 0.3) is 0 Å². The lowest BCUT2D eigenvalue weighted by Gasteiger charge is -2.12. The maximum atomic E-state index is 12.9. The van der Waals surface area contributed by atoms with E-state index in [-0.39, 0.29) is 5.82 Å². The van der Waals surface area contributed by atoms with E-state index >= 15 is 0 Å². The van der Waals surface area contributed by atoms with E-state index < -0.39 is 6.10 Å². The highest BCUT2D eigenvalue weighted by Gasteiger charge is 2.12. The fourth-order valence-electron chi connectivity index (χ4n) is 1.35. The number of hydrogen-bond acceptors (Lipinski definition) is 2. The highest BCUT2D eigenvalue weighted by atomic mass is 35.5. The summed E-state index contributed by atoms with van der Waals surface area (Å²) in [7, 11) is 1.60. The van der Waals surface area contributed by atoms with Crippen molar-refractivity contribution in [3.8, 4) is 0 Å². The summed E-state index contributed by atoms with van der Waals surface area (Å²) in [6.45, 7) is 0.573. The van der Waals surface area contributed by atoms with Crippen molar-refractivity contribution >= 4 is 11.6 Å². The first-order valence-electron chi connectivity index (χ1n) is 4.77. The fourth-order valence-corrected chi connectivity index (χ4v) is 1.59. The van der Waals surface area contributed by atoms with E-state index in [9.17, 15) is 9.50 Å². The normalized spacial score (nSPS) is 12.8. The first kappa shape index (κ1) is 12.4. The Balaban J connectivity index is 2.64. The summed E-state index contributed by atoms with van der Waals surface area (Å²) < 4.78 is 17.8. The molecule has 0 amide bonds. The second-order valence-electron chi connectivity index (χ2n) is 3.32. The van der Waals surface area contributed by atoms with E-state index in [1.54, 1.807) is 7.11 Å². The van der Waals surface area contributed by atoms with Gasteiger partial charge < -0.3 is 9.84 Å². The maximum absolute atomic E-state index is 12.9. The van der Waals surface area contributed by atoms with Crippen molar-refractivity contribution in [3.63, 3.8) is 0 Å². The summed E-state index contributed by atoms with van der Waals surface area (Å²) in [5, 5.41) is 10.1. The molecular formula is C11H14ClFO2. The molecule has 1 atom stereocenters. The van der Waals surface area contributed by atoms with Gasteiger partial charge in [-0.1, -0.05) is 11.6 Å². The van der Waals surface area contributed by atoms with Crippen LogP contribution in [0.25, 0.3) is 0 Å². The molecule has 2 nitrogen and oxygen atoms in total. The molecule has 0 aliphatic heterocycles. The molecule has 0 saturated heterocycles. The van der Waals surface area contributed by atoms with Gasteiger partial charge in [0.1, 0.15) is 5.82 Å². The molecule has 0 aromatic heterocycles. The van der Waals surface area contributed by atoms with Crippen LogP contribution in [-0.2, 0) is 4.74 Å². The second kappa shape index (κ2) is 6.05. The van der Waals surface area contributed by atoms with Gasteiger partial charge >= 0.3 is 0 Å². The molecule has 0 fully saturated rings. The average Bonchev–Trinajstić information content (AvgIpc) is 2.22. The lowest BCUT2D eigenvalue weighted by atomic mass is 10.1. The van der Waals surface area contributed by atoms with E-state index in [4.69, 9.17) is 16.3 Å². The van der Waals surface area contributed by atoms with Crippen molar-refractivity contribution in [3.05, 3.63) is 34.6 Å². The van der Waals surface area contributed by atoms with Crippen molar-refractivity contribution < 1.29 is 14.2 Å². The Kier molecular flexibility index (Phi) is 5.02. The second-order valence-corrected chi connectivity index (χ2v) is 3.72. The third-order valence-corrected chi connectivity index (χ3v) is 2.49. The Morgan fingerprint density at radius 2 is 2.27 bits per heavy atom. The highest BCUT2D eigenvalue weighted by Crippen LogP contribution is 2.26. The van der Waals surface area contributed by atoms with Crippen molar-refractivity contribution in [2.45, 2.75) is 18.9 Å². The lowest BCUT2D eigenvalue weighted by molar-refractivity contribution is 0.136. The molecule has 0 bridgehead atoms. The molecule has 0 aliphatic rings. The van der Waals surface area contributed by atoms with E-state index in [0.29, 0.717) is 30.0 Å². The van der Waals surface area contributed by atoms with Crippen molar-refractivity contribution in [1.82, 2.24) is 0 Å². The molecular weight excluding hydrogens is 219 g/mol. The van der Waals surface area contributed by atoms with Crippen LogP contribution in [0, 0.1) is 5.82 Å². The summed E-state index contributed by atoms with van der Waals surface area (Å²) in [6.07, 6.45) is 0.491. The summed E-state index contributed by atoms with van der Waals surface area (Å²) in [4.78, 5) is 0. The quantitative estimate of drug-likeness (QED) is 0.791. The first-order chi connectivity index (χ1) is 7.15.